The molecule has 0 unspecified atom stereocenters. The fourth-order valence-corrected chi connectivity index (χ4v) is 6.21. The van der Waals surface area contributed by atoms with Gasteiger partial charge in [0.25, 0.3) is 0 Å². The fourth-order valence-electron chi connectivity index (χ4n) is 6.21. The van der Waals surface area contributed by atoms with Gasteiger partial charge in [0, 0.05) is 22.2 Å². The van der Waals surface area contributed by atoms with Crippen molar-refractivity contribution in [2.75, 3.05) is 4.90 Å². The Labute approximate surface area is 249 Å². The minimum absolute atomic E-state index is 0. The molecule has 0 aliphatic heterocycles. The summed E-state index contributed by atoms with van der Waals surface area (Å²) in [6.07, 6.45) is 21.4. The number of allylic oxidation sites excluding steroid dienone is 10. The lowest BCUT2D eigenvalue weighted by Crippen LogP contribution is -2.21. The van der Waals surface area contributed by atoms with Crippen LogP contribution in [0.5, 0.6) is 0 Å². The van der Waals surface area contributed by atoms with Crippen molar-refractivity contribution >= 4 is 27.6 Å². The first-order chi connectivity index (χ1) is 19.4. The summed E-state index contributed by atoms with van der Waals surface area (Å²) in [5.74, 6) is 0.581. The topological polar surface area (TPSA) is 16.4 Å². The van der Waals surface area contributed by atoms with E-state index in [1.807, 2.05) is 6.08 Å². The van der Waals surface area contributed by atoms with E-state index < -0.39 is 0 Å². The number of furan rings is 1. The quantitative estimate of drug-likeness (QED) is 0.234. The SMILES string of the molecule is C.C=C/C(CCC)=C(/C=C\C)N(/C(C)=C/C(C)=C(C)\C=C/C)c1cccc2c1oc1c(C3CCCCC3)cccc12. The predicted molar refractivity (Wildman–Crippen MR) is 183 cm³/mol. The molecule has 0 amide bonds. The Bertz CT molecular complexity index is 1500. The predicted octanol–water partition coefficient (Wildman–Crippen LogP) is 12.7. The van der Waals surface area contributed by atoms with Crippen LogP contribution in [0, 0.1) is 0 Å². The lowest BCUT2D eigenvalue weighted by atomic mass is 9.83. The zero-order valence-corrected chi connectivity index (χ0v) is 25.5. The number of anilines is 1. The normalized spacial score (nSPS) is 16.3. The van der Waals surface area contributed by atoms with Crippen LogP contribution in [0.4, 0.5) is 5.69 Å². The Kier molecular flexibility index (Phi) is 11.6. The maximum absolute atomic E-state index is 6.93. The van der Waals surface area contributed by atoms with E-state index >= 15 is 0 Å². The molecule has 2 aromatic carbocycles. The monoisotopic (exact) mass is 549 g/mol. The molecule has 1 aliphatic carbocycles. The molecule has 0 atom stereocenters. The molecule has 1 heterocycles. The van der Waals surface area contributed by atoms with Gasteiger partial charge < -0.3 is 9.32 Å². The van der Waals surface area contributed by atoms with Crippen LogP contribution in [0.15, 0.2) is 112 Å². The first kappa shape index (κ1) is 32.0. The standard InChI is InChI=1S/C38H47NO.CH4/c1-8-17-27(5)28(6)26-29(7)39(35(19-10-3)30(11-4)18-9-2)36-25-16-24-34-33-23-15-22-32(37(33)40-38(34)36)31-20-13-12-14-21-31;/h8,10-11,15-17,19,22-26,31H,4,9,12-14,18,20-21H2,1-3,5-7H3;1H4/b17-8-,19-10-,28-27-,29-26+,35-30+;. The van der Waals surface area contributed by atoms with E-state index in [2.05, 4.69) is 120 Å². The van der Waals surface area contributed by atoms with Gasteiger partial charge in [-0.3, -0.25) is 0 Å². The van der Waals surface area contributed by atoms with Crippen LogP contribution in [-0.4, -0.2) is 0 Å². The molecule has 1 saturated carbocycles. The smallest absolute Gasteiger partial charge is 0.159 e. The third-order valence-corrected chi connectivity index (χ3v) is 8.30. The highest BCUT2D eigenvalue weighted by Crippen LogP contribution is 2.43. The molecule has 4 rings (SSSR count). The Hall–Kier alpha value is -3.52. The van der Waals surface area contributed by atoms with Gasteiger partial charge in [-0.2, -0.15) is 0 Å². The largest absolute Gasteiger partial charge is 0.454 e. The highest BCUT2D eigenvalue weighted by Gasteiger charge is 2.24. The van der Waals surface area contributed by atoms with Crippen molar-refractivity contribution < 1.29 is 4.42 Å². The van der Waals surface area contributed by atoms with E-state index in [0.717, 1.165) is 41.1 Å². The van der Waals surface area contributed by atoms with Gasteiger partial charge in [0.15, 0.2) is 5.58 Å². The second kappa shape index (κ2) is 14.9. The van der Waals surface area contributed by atoms with Crippen LogP contribution >= 0.6 is 0 Å². The minimum Gasteiger partial charge on any atom is -0.454 e. The Morgan fingerprint density at radius 1 is 0.902 bits per heavy atom. The number of fused-ring (bicyclic) bond motifs is 3. The first-order valence-corrected chi connectivity index (χ1v) is 15.2. The van der Waals surface area contributed by atoms with Gasteiger partial charge in [0.2, 0.25) is 0 Å². The van der Waals surface area contributed by atoms with Crippen molar-refractivity contribution in [2.24, 2.45) is 0 Å². The van der Waals surface area contributed by atoms with Crippen LogP contribution in [0.3, 0.4) is 0 Å². The summed E-state index contributed by atoms with van der Waals surface area (Å²) in [6, 6.07) is 13.3. The van der Waals surface area contributed by atoms with E-state index in [4.69, 9.17) is 4.42 Å². The van der Waals surface area contributed by atoms with Crippen molar-refractivity contribution in [3.63, 3.8) is 0 Å². The summed E-state index contributed by atoms with van der Waals surface area (Å²) in [5.41, 5.74) is 10.5. The van der Waals surface area contributed by atoms with Crippen LogP contribution in [0.25, 0.3) is 21.9 Å². The maximum Gasteiger partial charge on any atom is 0.159 e. The Morgan fingerprint density at radius 3 is 2.20 bits per heavy atom. The van der Waals surface area contributed by atoms with Crippen molar-refractivity contribution in [2.45, 2.75) is 99.8 Å². The molecule has 1 aliphatic rings. The van der Waals surface area contributed by atoms with E-state index in [0.29, 0.717) is 5.92 Å². The minimum atomic E-state index is 0. The highest BCUT2D eigenvalue weighted by atomic mass is 16.3. The van der Waals surface area contributed by atoms with E-state index in [-0.39, 0.29) is 7.43 Å². The molecule has 2 nitrogen and oxygen atoms in total. The summed E-state index contributed by atoms with van der Waals surface area (Å²) < 4.78 is 6.93. The number of benzene rings is 2. The van der Waals surface area contributed by atoms with E-state index in [1.165, 1.54) is 65.2 Å². The van der Waals surface area contributed by atoms with Crippen LogP contribution in [0.1, 0.15) is 105 Å². The molecule has 218 valence electrons. The molecule has 0 spiro atoms. The van der Waals surface area contributed by atoms with Gasteiger partial charge in [-0.25, -0.2) is 0 Å². The lowest BCUT2D eigenvalue weighted by Gasteiger charge is -2.29. The average molecular weight is 550 g/mol. The van der Waals surface area contributed by atoms with Gasteiger partial charge in [0.05, 0.1) is 5.69 Å². The number of nitrogens with zero attached hydrogens (tertiary/aromatic N) is 1. The molecular weight excluding hydrogens is 498 g/mol. The molecule has 41 heavy (non-hydrogen) atoms. The van der Waals surface area contributed by atoms with Gasteiger partial charge in [0.1, 0.15) is 5.58 Å². The van der Waals surface area contributed by atoms with Gasteiger partial charge >= 0.3 is 0 Å². The van der Waals surface area contributed by atoms with Crippen molar-refractivity contribution in [1.82, 2.24) is 0 Å². The Morgan fingerprint density at radius 2 is 1.56 bits per heavy atom. The third kappa shape index (κ3) is 6.87. The average Bonchev–Trinajstić information content (AvgIpc) is 3.36. The molecule has 2 heteroatoms. The van der Waals surface area contributed by atoms with E-state index in [9.17, 15) is 0 Å². The highest BCUT2D eigenvalue weighted by molar-refractivity contribution is 6.10. The van der Waals surface area contributed by atoms with Crippen LogP contribution < -0.4 is 4.90 Å². The number of hydrogen-bond acceptors (Lipinski definition) is 2. The van der Waals surface area contributed by atoms with Crippen LogP contribution in [-0.2, 0) is 0 Å². The second-order valence-electron chi connectivity index (χ2n) is 11.2. The van der Waals surface area contributed by atoms with Crippen molar-refractivity contribution in [1.29, 1.82) is 0 Å². The van der Waals surface area contributed by atoms with E-state index in [1.54, 1.807) is 0 Å². The van der Waals surface area contributed by atoms with Gasteiger partial charge in [-0.1, -0.05) is 101 Å². The molecule has 1 aromatic heterocycles. The number of rotatable bonds is 10. The zero-order valence-electron chi connectivity index (χ0n) is 25.5. The van der Waals surface area contributed by atoms with Gasteiger partial charge in [-0.15, -0.1) is 0 Å². The molecule has 0 radical (unpaired) electrons. The third-order valence-electron chi connectivity index (χ3n) is 8.30. The summed E-state index contributed by atoms with van der Waals surface area (Å²) in [6.45, 7) is 17.2. The maximum atomic E-state index is 6.93. The molecule has 0 saturated heterocycles. The van der Waals surface area contributed by atoms with Crippen molar-refractivity contribution in [3.05, 3.63) is 113 Å². The summed E-state index contributed by atoms with van der Waals surface area (Å²) in [7, 11) is 0. The summed E-state index contributed by atoms with van der Waals surface area (Å²) >= 11 is 0. The number of hydrogen-bond donors (Lipinski definition) is 0. The Balaban J connectivity index is 0.00000462. The number of para-hydroxylation sites is 2. The zero-order chi connectivity index (χ0) is 28.6. The molecule has 1 fully saturated rings. The lowest BCUT2D eigenvalue weighted by molar-refractivity contribution is 0.442. The molecule has 3 aromatic rings. The fraction of sp³-hybridized carbons (Fsp3) is 0.385. The molecular formula is C39H51NO. The summed E-state index contributed by atoms with van der Waals surface area (Å²) in [4.78, 5) is 2.38. The first-order valence-electron chi connectivity index (χ1n) is 15.2. The second-order valence-corrected chi connectivity index (χ2v) is 11.2. The summed E-state index contributed by atoms with van der Waals surface area (Å²) in [5, 5.41) is 2.39. The van der Waals surface area contributed by atoms with Gasteiger partial charge in [-0.05, 0) is 100 Å². The molecule has 0 bridgehead atoms. The molecule has 0 N–H and O–H groups in total. The van der Waals surface area contributed by atoms with Crippen LogP contribution in [0.2, 0.25) is 0 Å². The van der Waals surface area contributed by atoms with Crippen molar-refractivity contribution in [3.8, 4) is 0 Å².